The average molecular weight is 432 g/mol. The first-order valence-corrected chi connectivity index (χ1v) is 12.2. The molecule has 2 aromatic carbocycles. The van der Waals surface area contributed by atoms with Crippen LogP contribution >= 0.6 is 11.3 Å². The highest BCUT2D eigenvalue weighted by atomic mass is 32.1. The van der Waals surface area contributed by atoms with Gasteiger partial charge in [0.05, 0.1) is 15.9 Å². The van der Waals surface area contributed by atoms with Crippen molar-refractivity contribution in [3.63, 3.8) is 0 Å². The molecule has 0 spiro atoms. The van der Waals surface area contributed by atoms with Gasteiger partial charge in [0.2, 0.25) is 0 Å². The Morgan fingerprint density at radius 3 is 2.74 bits per heavy atom. The fourth-order valence-electron chi connectivity index (χ4n) is 4.73. The molecule has 2 heterocycles. The third-order valence-electron chi connectivity index (χ3n) is 7.04. The summed E-state index contributed by atoms with van der Waals surface area (Å²) in [6.45, 7) is 6.72. The lowest BCUT2D eigenvalue weighted by atomic mass is 9.78. The lowest BCUT2D eigenvalue weighted by Crippen LogP contribution is -2.43. The third-order valence-corrected chi connectivity index (χ3v) is 8.06. The Hall–Kier alpha value is -2.66. The first-order chi connectivity index (χ1) is 15.0. The van der Waals surface area contributed by atoms with E-state index in [0.29, 0.717) is 11.8 Å². The highest BCUT2D eigenvalue weighted by molar-refractivity contribution is 7.23. The van der Waals surface area contributed by atoms with E-state index in [1.54, 1.807) is 11.3 Å². The van der Waals surface area contributed by atoms with Crippen LogP contribution < -0.4 is 5.32 Å². The number of amides is 1. The fraction of sp³-hybridized carbons (Fsp3) is 0.385. The molecular formula is C26H29N3OS. The van der Waals surface area contributed by atoms with Crippen molar-refractivity contribution in [3.05, 3.63) is 59.8 Å². The van der Waals surface area contributed by atoms with Crippen molar-refractivity contribution >= 4 is 32.4 Å². The predicted octanol–water partition coefficient (Wildman–Crippen LogP) is 6.33. The molecule has 5 heteroatoms. The van der Waals surface area contributed by atoms with E-state index >= 15 is 0 Å². The zero-order chi connectivity index (χ0) is 21.5. The van der Waals surface area contributed by atoms with Crippen LogP contribution in [0.5, 0.6) is 0 Å². The van der Waals surface area contributed by atoms with Crippen LogP contribution in [0.2, 0.25) is 0 Å². The molecule has 1 saturated carbocycles. The third kappa shape index (κ3) is 3.76. The molecule has 160 valence electrons. The van der Waals surface area contributed by atoms with E-state index in [9.17, 15) is 4.79 Å². The molecule has 0 aliphatic heterocycles. The minimum atomic E-state index is 0.0376. The number of hydrogen-bond donors (Lipinski definition) is 1. The van der Waals surface area contributed by atoms with E-state index in [2.05, 4.69) is 61.0 Å². The van der Waals surface area contributed by atoms with Crippen molar-refractivity contribution in [2.24, 2.45) is 11.8 Å². The van der Waals surface area contributed by atoms with Crippen LogP contribution in [0.25, 0.3) is 26.4 Å². The van der Waals surface area contributed by atoms with Gasteiger partial charge in [0.25, 0.3) is 5.91 Å². The van der Waals surface area contributed by atoms with Gasteiger partial charge in [-0.1, -0.05) is 69.2 Å². The number of benzene rings is 2. The molecule has 1 aliphatic carbocycles. The first-order valence-electron chi connectivity index (χ1n) is 11.4. The predicted molar refractivity (Wildman–Crippen MR) is 129 cm³/mol. The first kappa shape index (κ1) is 20.3. The molecule has 4 nitrogen and oxygen atoms in total. The minimum Gasteiger partial charge on any atom is -0.349 e. The summed E-state index contributed by atoms with van der Waals surface area (Å²) in [4.78, 5) is 18.7. The van der Waals surface area contributed by atoms with E-state index in [0.717, 1.165) is 44.8 Å². The summed E-state index contributed by atoms with van der Waals surface area (Å²) in [5, 5.41) is 3.29. The highest BCUT2D eigenvalue weighted by Crippen LogP contribution is 2.32. The van der Waals surface area contributed by atoms with Gasteiger partial charge in [-0.3, -0.25) is 9.20 Å². The summed E-state index contributed by atoms with van der Waals surface area (Å²) in [6, 6.07) is 14.9. The molecule has 31 heavy (non-hydrogen) atoms. The van der Waals surface area contributed by atoms with Gasteiger partial charge >= 0.3 is 0 Å². The number of fused-ring (bicyclic) bond motifs is 3. The average Bonchev–Trinajstić information content (AvgIpc) is 3.34. The van der Waals surface area contributed by atoms with E-state index in [1.807, 2.05) is 18.2 Å². The smallest absolute Gasteiger partial charge is 0.251 e. The maximum atomic E-state index is 12.9. The molecule has 3 atom stereocenters. The van der Waals surface area contributed by atoms with Crippen LogP contribution in [-0.4, -0.2) is 21.3 Å². The molecule has 0 unspecified atom stereocenters. The maximum Gasteiger partial charge on any atom is 0.251 e. The van der Waals surface area contributed by atoms with Gasteiger partial charge in [-0.05, 0) is 48.4 Å². The molecule has 1 aliphatic rings. The van der Waals surface area contributed by atoms with Crippen molar-refractivity contribution in [1.29, 1.82) is 0 Å². The molecule has 5 rings (SSSR count). The van der Waals surface area contributed by atoms with E-state index in [1.165, 1.54) is 18.4 Å². The second-order valence-corrected chi connectivity index (χ2v) is 9.97. The monoisotopic (exact) mass is 431 g/mol. The number of thiazole rings is 1. The second-order valence-electron chi connectivity index (χ2n) is 8.96. The van der Waals surface area contributed by atoms with E-state index in [-0.39, 0.29) is 11.9 Å². The standard InChI is InChI=1S/C26H29N3OS/c1-4-18-8-10-19(11-9-18)22-15-29-23-13-12-20(14-24(23)31-26(29)28-22)25(30)27-21-7-5-6-16(2)17(21)3/h8-17,21H,4-7H2,1-3H3,(H,27,30)/t16-,17-,21-/m1/s1. The fourth-order valence-corrected chi connectivity index (χ4v) is 5.78. The molecule has 1 fully saturated rings. The van der Waals surface area contributed by atoms with Gasteiger partial charge in [-0.25, -0.2) is 4.98 Å². The summed E-state index contributed by atoms with van der Waals surface area (Å²) in [5.74, 6) is 1.23. The van der Waals surface area contributed by atoms with E-state index < -0.39 is 0 Å². The number of rotatable bonds is 4. The summed E-state index contributed by atoms with van der Waals surface area (Å²) in [7, 11) is 0. The number of aromatic nitrogens is 2. The number of aryl methyl sites for hydroxylation is 1. The summed E-state index contributed by atoms with van der Waals surface area (Å²) in [6.07, 6.45) is 6.67. The molecule has 4 aromatic rings. The van der Waals surface area contributed by atoms with Crippen LogP contribution in [0.4, 0.5) is 0 Å². The van der Waals surface area contributed by atoms with Gasteiger partial charge in [0.15, 0.2) is 4.96 Å². The Morgan fingerprint density at radius 2 is 1.97 bits per heavy atom. The molecule has 1 N–H and O–H groups in total. The van der Waals surface area contributed by atoms with Gasteiger partial charge in [0, 0.05) is 23.4 Å². The normalized spacial score (nSPS) is 21.6. The maximum absolute atomic E-state index is 12.9. The topological polar surface area (TPSA) is 46.4 Å². The zero-order valence-corrected chi connectivity index (χ0v) is 19.2. The molecule has 0 saturated heterocycles. The van der Waals surface area contributed by atoms with Crippen molar-refractivity contribution < 1.29 is 4.79 Å². The second kappa shape index (κ2) is 8.12. The van der Waals surface area contributed by atoms with Gasteiger partial charge in [-0.2, -0.15) is 0 Å². The van der Waals surface area contributed by atoms with Crippen molar-refractivity contribution in [2.75, 3.05) is 0 Å². The SMILES string of the molecule is CCc1ccc(-c2cn3c(n2)sc2cc(C(=O)N[C@@H]4CCC[C@@H](C)[C@H]4C)ccc23)cc1. The molecule has 1 amide bonds. The van der Waals surface area contributed by atoms with Crippen molar-refractivity contribution in [3.8, 4) is 11.3 Å². The van der Waals surface area contributed by atoms with Crippen molar-refractivity contribution in [1.82, 2.24) is 14.7 Å². The quantitative estimate of drug-likeness (QED) is 0.410. The lowest BCUT2D eigenvalue weighted by molar-refractivity contribution is 0.0891. The zero-order valence-electron chi connectivity index (χ0n) is 18.4. The number of nitrogens with one attached hydrogen (secondary N) is 1. The number of carbonyl (C=O) groups is 1. The van der Waals surface area contributed by atoms with E-state index in [4.69, 9.17) is 4.98 Å². The van der Waals surface area contributed by atoms with Crippen LogP contribution in [-0.2, 0) is 6.42 Å². The summed E-state index contributed by atoms with van der Waals surface area (Å²) >= 11 is 1.64. The molecular weight excluding hydrogens is 402 g/mol. The Balaban J connectivity index is 1.40. The number of carbonyl (C=O) groups excluding carboxylic acids is 1. The van der Waals surface area contributed by atoms with Gasteiger partial charge in [0.1, 0.15) is 0 Å². The molecule has 0 radical (unpaired) electrons. The Kier molecular flexibility index (Phi) is 5.30. The van der Waals surface area contributed by atoms with Crippen LogP contribution in [0.1, 0.15) is 56.0 Å². The van der Waals surface area contributed by atoms with Crippen molar-refractivity contribution in [2.45, 2.75) is 52.5 Å². The molecule has 2 aromatic heterocycles. The van der Waals surface area contributed by atoms with Gasteiger partial charge in [-0.15, -0.1) is 0 Å². The minimum absolute atomic E-state index is 0.0376. The number of imidazole rings is 1. The Labute approximate surface area is 187 Å². The largest absolute Gasteiger partial charge is 0.349 e. The molecule has 0 bridgehead atoms. The number of nitrogens with zero attached hydrogens (tertiary/aromatic N) is 2. The Bertz CT molecular complexity index is 1240. The summed E-state index contributed by atoms with van der Waals surface area (Å²) < 4.78 is 3.23. The Morgan fingerprint density at radius 1 is 1.16 bits per heavy atom. The van der Waals surface area contributed by atoms with Crippen LogP contribution in [0, 0.1) is 11.8 Å². The lowest BCUT2D eigenvalue weighted by Gasteiger charge is -2.34. The number of hydrogen-bond acceptors (Lipinski definition) is 3. The van der Waals surface area contributed by atoms with Crippen LogP contribution in [0.15, 0.2) is 48.7 Å². The van der Waals surface area contributed by atoms with Crippen LogP contribution in [0.3, 0.4) is 0 Å². The van der Waals surface area contributed by atoms with Gasteiger partial charge < -0.3 is 5.32 Å². The highest BCUT2D eigenvalue weighted by Gasteiger charge is 2.28. The summed E-state index contributed by atoms with van der Waals surface area (Å²) in [5.41, 5.74) is 5.28.